The maximum Gasteiger partial charge on any atom is 0.234 e. The van der Waals surface area contributed by atoms with E-state index in [-0.39, 0.29) is 28.8 Å². The molecule has 0 saturated heterocycles. The Labute approximate surface area is 167 Å². The van der Waals surface area contributed by atoms with Crippen LogP contribution in [-0.4, -0.2) is 23.2 Å². The van der Waals surface area contributed by atoms with E-state index in [1.807, 2.05) is 30.3 Å². The fourth-order valence-corrected chi connectivity index (χ4v) is 4.06. The van der Waals surface area contributed by atoms with Gasteiger partial charge >= 0.3 is 0 Å². The van der Waals surface area contributed by atoms with E-state index in [4.69, 9.17) is 0 Å². The van der Waals surface area contributed by atoms with Crippen molar-refractivity contribution in [2.24, 2.45) is 0 Å². The molecule has 0 saturated carbocycles. The van der Waals surface area contributed by atoms with E-state index >= 15 is 0 Å². The molecule has 0 bridgehead atoms. The molecule has 0 spiro atoms. The van der Waals surface area contributed by atoms with Crippen LogP contribution < -0.4 is 5.32 Å². The van der Waals surface area contributed by atoms with E-state index < -0.39 is 0 Å². The molecular weight excluding hydrogens is 370 g/mol. The van der Waals surface area contributed by atoms with E-state index in [2.05, 4.69) is 5.32 Å². The number of rotatable bonds is 5. The van der Waals surface area contributed by atoms with Crippen LogP contribution in [0.3, 0.4) is 0 Å². The molecule has 3 aromatic carbocycles. The number of amides is 1. The summed E-state index contributed by atoms with van der Waals surface area (Å²) in [5, 5.41) is 2.81. The predicted octanol–water partition coefficient (Wildman–Crippen LogP) is 4.33. The molecule has 4 rings (SSSR count). The first kappa shape index (κ1) is 18.2. The third-order valence-electron chi connectivity index (χ3n) is 4.57. The van der Waals surface area contributed by atoms with Gasteiger partial charge in [0.25, 0.3) is 0 Å². The second-order valence-corrected chi connectivity index (χ2v) is 7.44. The van der Waals surface area contributed by atoms with Gasteiger partial charge in [0.05, 0.1) is 17.0 Å². The number of ketones is 2. The number of benzene rings is 3. The Bertz CT molecular complexity index is 1080. The normalized spacial score (nSPS) is 12.3. The second-order valence-electron chi connectivity index (χ2n) is 6.46. The third kappa shape index (κ3) is 3.49. The van der Waals surface area contributed by atoms with Crippen LogP contribution in [0, 0.1) is 0 Å². The van der Waals surface area contributed by atoms with Gasteiger partial charge in [0.1, 0.15) is 0 Å². The van der Waals surface area contributed by atoms with Crippen LogP contribution in [0.4, 0.5) is 5.69 Å². The molecule has 4 nitrogen and oxygen atoms in total. The lowest BCUT2D eigenvalue weighted by molar-refractivity contribution is -0.113. The standard InChI is InChI=1S/C23H17NO3S/c25-20(14-28-13-15-7-2-1-3-8-15)24-19-12-6-11-18-21(19)23(27)17-10-5-4-9-16(17)22(18)26/h1-12H,13-14H2,(H,24,25). The quantitative estimate of drug-likeness (QED) is 0.553. The third-order valence-corrected chi connectivity index (χ3v) is 5.58. The molecule has 0 atom stereocenters. The van der Waals surface area contributed by atoms with Crippen molar-refractivity contribution in [3.05, 3.63) is 101 Å². The summed E-state index contributed by atoms with van der Waals surface area (Å²) in [6.45, 7) is 0. The highest BCUT2D eigenvalue weighted by Gasteiger charge is 2.31. The number of anilines is 1. The zero-order valence-corrected chi connectivity index (χ0v) is 15.8. The van der Waals surface area contributed by atoms with Gasteiger partial charge in [0, 0.05) is 22.4 Å². The topological polar surface area (TPSA) is 63.2 Å². The minimum Gasteiger partial charge on any atom is -0.325 e. The van der Waals surface area contributed by atoms with E-state index in [9.17, 15) is 14.4 Å². The molecule has 0 aromatic heterocycles. The molecule has 0 aliphatic heterocycles. The molecule has 1 amide bonds. The Morgan fingerprint density at radius 2 is 1.39 bits per heavy atom. The molecule has 5 heteroatoms. The smallest absolute Gasteiger partial charge is 0.234 e. The van der Waals surface area contributed by atoms with E-state index in [0.29, 0.717) is 22.4 Å². The van der Waals surface area contributed by atoms with Gasteiger partial charge in [0.2, 0.25) is 5.91 Å². The lowest BCUT2D eigenvalue weighted by Crippen LogP contribution is -2.24. The molecule has 28 heavy (non-hydrogen) atoms. The lowest BCUT2D eigenvalue weighted by atomic mass is 9.83. The maximum atomic E-state index is 12.9. The van der Waals surface area contributed by atoms with Gasteiger partial charge in [-0.05, 0) is 11.6 Å². The number of carbonyl (C=O) groups is 3. The van der Waals surface area contributed by atoms with Gasteiger partial charge in [-0.1, -0.05) is 66.7 Å². The van der Waals surface area contributed by atoms with Gasteiger partial charge in [-0.15, -0.1) is 11.8 Å². The molecule has 0 radical (unpaired) electrons. The molecule has 3 aromatic rings. The van der Waals surface area contributed by atoms with Crippen molar-refractivity contribution >= 4 is 34.9 Å². The SMILES string of the molecule is O=C(CSCc1ccccc1)Nc1cccc2c1C(=O)c1ccccc1C2=O. The Kier molecular flexibility index (Phi) is 5.08. The number of fused-ring (bicyclic) bond motifs is 2. The van der Waals surface area contributed by atoms with Crippen molar-refractivity contribution in [2.45, 2.75) is 5.75 Å². The van der Waals surface area contributed by atoms with E-state index in [1.54, 1.807) is 42.5 Å². The van der Waals surface area contributed by atoms with Crippen molar-refractivity contribution in [2.75, 3.05) is 11.1 Å². The monoisotopic (exact) mass is 387 g/mol. The van der Waals surface area contributed by atoms with Crippen molar-refractivity contribution in [3.8, 4) is 0 Å². The Morgan fingerprint density at radius 3 is 2.14 bits per heavy atom. The Morgan fingerprint density at radius 1 is 0.750 bits per heavy atom. The van der Waals surface area contributed by atoms with Crippen LogP contribution in [-0.2, 0) is 10.5 Å². The highest BCUT2D eigenvalue weighted by atomic mass is 32.2. The lowest BCUT2D eigenvalue weighted by Gasteiger charge is -2.20. The predicted molar refractivity (Wildman–Crippen MR) is 111 cm³/mol. The summed E-state index contributed by atoms with van der Waals surface area (Å²) in [5.41, 5.74) is 2.92. The van der Waals surface area contributed by atoms with Crippen molar-refractivity contribution < 1.29 is 14.4 Å². The van der Waals surface area contributed by atoms with Gasteiger partial charge in [0.15, 0.2) is 11.6 Å². The first-order chi connectivity index (χ1) is 13.6. The van der Waals surface area contributed by atoms with Crippen LogP contribution in [0.1, 0.15) is 37.4 Å². The zero-order chi connectivity index (χ0) is 19.5. The van der Waals surface area contributed by atoms with Gasteiger partial charge in [-0.2, -0.15) is 0 Å². The van der Waals surface area contributed by atoms with Gasteiger partial charge in [-0.3, -0.25) is 14.4 Å². The summed E-state index contributed by atoms with van der Waals surface area (Å²) in [6.07, 6.45) is 0. The molecular formula is C23H17NO3S. The van der Waals surface area contributed by atoms with Crippen LogP contribution in [0.25, 0.3) is 0 Å². The minimum absolute atomic E-state index is 0.195. The van der Waals surface area contributed by atoms with Crippen LogP contribution in [0.5, 0.6) is 0 Å². The number of hydrogen-bond donors (Lipinski definition) is 1. The van der Waals surface area contributed by atoms with Crippen molar-refractivity contribution in [3.63, 3.8) is 0 Å². The Balaban J connectivity index is 1.51. The number of hydrogen-bond acceptors (Lipinski definition) is 4. The average molecular weight is 387 g/mol. The molecule has 138 valence electrons. The second kappa shape index (κ2) is 7.82. The Hall–Kier alpha value is -3.18. The minimum atomic E-state index is -0.238. The van der Waals surface area contributed by atoms with Gasteiger partial charge < -0.3 is 5.32 Å². The van der Waals surface area contributed by atoms with Crippen LogP contribution >= 0.6 is 11.8 Å². The van der Waals surface area contributed by atoms with Crippen LogP contribution in [0.2, 0.25) is 0 Å². The first-order valence-corrected chi connectivity index (χ1v) is 10.0. The zero-order valence-electron chi connectivity index (χ0n) is 15.0. The van der Waals surface area contributed by atoms with Crippen molar-refractivity contribution in [1.82, 2.24) is 0 Å². The largest absolute Gasteiger partial charge is 0.325 e. The molecule has 0 heterocycles. The molecule has 0 unspecified atom stereocenters. The van der Waals surface area contributed by atoms with E-state index in [1.165, 1.54) is 11.8 Å². The van der Waals surface area contributed by atoms with E-state index in [0.717, 1.165) is 11.3 Å². The molecule has 1 N–H and O–H groups in total. The van der Waals surface area contributed by atoms with Gasteiger partial charge in [-0.25, -0.2) is 0 Å². The fourth-order valence-electron chi connectivity index (χ4n) is 3.27. The van der Waals surface area contributed by atoms with Crippen molar-refractivity contribution in [1.29, 1.82) is 0 Å². The average Bonchev–Trinajstić information content (AvgIpc) is 2.73. The number of thioether (sulfide) groups is 1. The summed E-state index contributed by atoms with van der Waals surface area (Å²) in [7, 11) is 0. The summed E-state index contributed by atoms with van der Waals surface area (Å²) in [4.78, 5) is 38.1. The summed E-state index contributed by atoms with van der Waals surface area (Å²) in [6, 6.07) is 21.7. The summed E-state index contributed by atoms with van der Waals surface area (Å²) in [5.74, 6) is 0.356. The first-order valence-electron chi connectivity index (χ1n) is 8.88. The maximum absolute atomic E-state index is 12.9. The number of nitrogens with one attached hydrogen (secondary N) is 1. The van der Waals surface area contributed by atoms with Crippen LogP contribution in [0.15, 0.2) is 72.8 Å². The number of carbonyl (C=O) groups excluding carboxylic acids is 3. The fraction of sp³-hybridized carbons (Fsp3) is 0.0870. The highest BCUT2D eigenvalue weighted by Crippen LogP contribution is 2.32. The molecule has 1 aliphatic rings. The summed E-state index contributed by atoms with van der Waals surface area (Å²) < 4.78 is 0. The summed E-state index contributed by atoms with van der Waals surface area (Å²) >= 11 is 1.50. The molecule has 1 aliphatic carbocycles. The highest BCUT2D eigenvalue weighted by molar-refractivity contribution is 7.99. The molecule has 0 fully saturated rings.